The fourth-order valence-corrected chi connectivity index (χ4v) is 2.15. The lowest BCUT2D eigenvalue weighted by molar-refractivity contribution is 0.770. The number of aromatic nitrogens is 5. The van der Waals surface area contributed by atoms with Crippen molar-refractivity contribution in [3.05, 3.63) is 33.3 Å². The second kappa shape index (κ2) is 3.67. The number of imidazole rings is 1. The maximum atomic E-state index is 12.1. The molecule has 3 aromatic rings. The number of nitrogens with two attached hydrogens (primary N) is 1. The quantitative estimate of drug-likeness (QED) is 0.674. The van der Waals surface area contributed by atoms with E-state index in [0.717, 1.165) is 4.88 Å². The molecule has 3 rings (SSSR count). The number of rotatable bonds is 2. The van der Waals surface area contributed by atoms with Gasteiger partial charge in [0.25, 0.3) is 5.56 Å². The summed E-state index contributed by atoms with van der Waals surface area (Å²) in [6.45, 7) is 0.366. The van der Waals surface area contributed by atoms with E-state index in [1.54, 1.807) is 11.7 Å². The molecule has 0 saturated heterocycles. The van der Waals surface area contributed by atoms with Crippen LogP contribution in [0.25, 0.3) is 11.2 Å². The van der Waals surface area contributed by atoms with E-state index in [1.807, 2.05) is 0 Å². The van der Waals surface area contributed by atoms with Crippen LogP contribution >= 0.6 is 11.3 Å². The number of aromatic amines is 1. The third-order valence-corrected chi connectivity index (χ3v) is 3.13. The van der Waals surface area contributed by atoms with Gasteiger partial charge in [-0.1, -0.05) is 0 Å². The first-order chi connectivity index (χ1) is 8.25. The molecule has 3 aromatic heterocycles. The SMILES string of the molecule is Nc1nc2[nH]cnc2c(=O)n1Cc1cncs1. The summed E-state index contributed by atoms with van der Waals surface area (Å²) in [4.78, 5) is 27.7. The van der Waals surface area contributed by atoms with Crippen molar-refractivity contribution in [2.24, 2.45) is 0 Å². The molecule has 0 aromatic carbocycles. The summed E-state index contributed by atoms with van der Waals surface area (Å²) in [6, 6.07) is 0. The Bertz CT molecular complexity index is 713. The average Bonchev–Trinajstić information content (AvgIpc) is 2.94. The molecule has 7 nitrogen and oxygen atoms in total. The number of thiazole rings is 1. The molecular formula is C9H8N6OS. The summed E-state index contributed by atoms with van der Waals surface area (Å²) < 4.78 is 1.39. The van der Waals surface area contributed by atoms with Crippen LogP contribution in [0.15, 0.2) is 22.8 Å². The zero-order valence-corrected chi connectivity index (χ0v) is 9.44. The number of nitrogens with one attached hydrogen (secondary N) is 1. The van der Waals surface area contributed by atoms with Crippen LogP contribution < -0.4 is 11.3 Å². The Balaban J connectivity index is 2.18. The first-order valence-electron chi connectivity index (χ1n) is 4.82. The van der Waals surface area contributed by atoms with Crippen LogP contribution in [-0.2, 0) is 6.54 Å². The Morgan fingerprint density at radius 2 is 2.41 bits per heavy atom. The summed E-state index contributed by atoms with van der Waals surface area (Å²) in [5.74, 6) is 0.167. The number of fused-ring (bicyclic) bond motifs is 1. The fourth-order valence-electron chi connectivity index (χ4n) is 1.56. The van der Waals surface area contributed by atoms with Crippen molar-refractivity contribution in [3.63, 3.8) is 0 Å². The van der Waals surface area contributed by atoms with Crippen LogP contribution in [0.5, 0.6) is 0 Å². The van der Waals surface area contributed by atoms with Crippen molar-refractivity contribution < 1.29 is 0 Å². The lowest BCUT2D eigenvalue weighted by Gasteiger charge is -2.06. The number of nitrogens with zero attached hydrogens (tertiary/aromatic N) is 4. The Morgan fingerprint density at radius 1 is 1.53 bits per heavy atom. The number of anilines is 1. The third-order valence-electron chi connectivity index (χ3n) is 2.37. The van der Waals surface area contributed by atoms with Gasteiger partial charge in [0.05, 0.1) is 18.4 Å². The minimum atomic E-state index is -0.248. The second-order valence-corrected chi connectivity index (χ2v) is 4.40. The van der Waals surface area contributed by atoms with Crippen molar-refractivity contribution >= 4 is 28.4 Å². The number of hydrogen-bond donors (Lipinski definition) is 2. The van der Waals surface area contributed by atoms with Crippen molar-refractivity contribution in [1.82, 2.24) is 24.5 Å². The molecule has 0 aliphatic rings. The average molecular weight is 248 g/mol. The largest absolute Gasteiger partial charge is 0.369 e. The summed E-state index contributed by atoms with van der Waals surface area (Å²) in [5.41, 5.74) is 7.91. The van der Waals surface area contributed by atoms with Gasteiger partial charge in [0, 0.05) is 11.1 Å². The topological polar surface area (TPSA) is 102 Å². The van der Waals surface area contributed by atoms with Gasteiger partial charge in [-0.05, 0) is 0 Å². The molecule has 0 fully saturated rings. The van der Waals surface area contributed by atoms with Crippen LogP contribution in [-0.4, -0.2) is 24.5 Å². The summed E-state index contributed by atoms with van der Waals surface area (Å²) >= 11 is 1.46. The predicted molar refractivity (Wildman–Crippen MR) is 63.8 cm³/mol. The van der Waals surface area contributed by atoms with E-state index < -0.39 is 0 Å². The van der Waals surface area contributed by atoms with Crippen LogP contribution in [0, 0.1) is 0 Å². The van der Waals surface area contributed by atoms with Crippen LogP contribution in [0.1, 0.15) is 4.88 Å². The molecule has 8 heteroatoms. The van der Waals surface area contributed by atoms with Gasteiger partial charge in [-0.25, -0.2) is 4.98 Å². The first-order valence-corrected chi connectivity index (χ1v) is 5.70. The summed E-state index contributed by atoms with van der Waals surface area (Å²) in [7, 11) is 0. The number of nitrogen functional groups attached to an aromatic ring is 1. The predicted octanol–water partition coefficient (Wildman–Crippen LogP) is 0.207. The molecule has 0 aliphatic heterocycles. The van der Waals surface area contributed by atoms with E-state index in [4.69, 9.17) is 5.73 Å². The molecule has 0 spiro atoms. The van der Waals surface area contributed by atoms with E-state index in [2.05, 4.69) is 19.9 Å². The van der Waals surface area contributed by atoms with E-state index in [-0.39, 0.29) is 11.5 Å². The molecule has 0 saturated carbocycles. The lowest BCUT2D eigenvalue weighted by atomic mass is 10.4. The molecule has 17 heavy (non-hydrogen) atoms. The molecule has 0 unspecified atom stereocenters. The third kappa shape index (κ3) is 1.58. The van der Waals surface area contributed by atoms with Crippen LogP contribution in [0.4, 0.5) is 5.95 Å². The monoisotopic (exact) mass is 248 g/mol. The van der Waals surface area contributed by atoms with Gasteiger partial charge in [-0.3, -0.25) is 14.3 Å². The van der Waals surface area contributed by atoms with Crippen molar-refractivity contribution in [1.29, 1.82) is 0 Å². The van der Waals surface area contributed by atoms with Gasteiger partial charge in [-0.15, -0.1) is 11.3 Å². The number of H-pyrrole nitrogens is 1. The molecule has 3 heterocycles. The van der Waals surface area contributed by atoms with Crippen molar-refractivity contribution in [3.8, 4) is 0 Å². The standard InChI is InChI=1S/C9H8N6OS/c10-9-14-7-6(12-3-13-7)8(16)15(9)2-5-1-11-4-17-5/h1,3-4H,2H2,(H2,10,14)(H,12,13). The highest BCUT2D eigenvalue weighted by Gasteiger charge is 2.11. The highest BCUT2D eigenvalue weighted by molar-refractivity contribution is 7.09. The van der Waals surface area contributed by atoms with Crippen molar-refractivity contribution in [2.45, 2.75) is 6.54 Å². The Hall–Kier alpha value is -2.22. The van der Waals surface area contributed by atoms with E-state index >= 15 is 0 Å². The van der Waals surface area contributed by atoms with Gasteiger partial charge in [0.1, 0.15) is 0 Å². The van der Waals surface area contributed by atoms with Gasteiger partial charge >= 0.3 is 0 Å². The smallest absolute Gasteiger partial charge is 0.283 e. The minimum Gasteiger partial charge on any atom is -0.369 e. The van der Waals surface area contributed by atoms with Crippen LogP contribution in [0.2, 0.25) is 0 Å². The fraction of sp³-hybridized carbons (Fsp3) is 0.111. The Labute approximate surface area is 99.0 Å². The maximum Gasteiger partial charge on any atom is 0.283 e. The molecule has 0 radical (unpaired) electrons. The highest BCUT2D eigenvalue weighted by atomic mass is 32.1. The summed E-state index contributed by atoms with van der Waals surface area (Å²) in [5, 5.41) is 0. The first kappa shape index (κ1) is 9.97. The van der Waals surface area contributed by atoms with Gasteiger partial charge in [0.15, 0.2) is 11.2 Å². The Kier molecular flexibility index (Phi) is 2.15. The zero-order chi connectivity index (χ0) is 11.8. The molecule has 0 atom stereocenters. The van der Waals surface area contributed by atoms with E-state index in [9.17, 15) is 4.79 Å². The van der Waals surface area contributed by atoms with Crippen molar-refractivity contribution in [2.75, 3.05) is 5.73 Å². The van der Waals surface area contributed by atoms with E-state index in [0.29, 0.717) is 17.7 Å². The molecule has 0 amide bonds. The zero-order valence-electron chi connectivity index (χ0n) is 8.62. The Morgan fingerprint density at radius 3 is 3.18 bits per heavy atom. The minimum absolute atomic E-state index is 0.167. The molecule has 86 valence electrons. The highest BCUT2D eigenvalue weighted by Crippen LogP contribution is 2.10. The molecule has 0 bridgehead atoms. The second-order valence-electron chi connectivity index (χ2n) is 3.43. The normalized spacial score (nSPS) is 11.1. The van der Waals surface area contributed by atoms with Crippen LogP contribution in [0.3, 0.4) is 0 Å². The van der Waals surface area contributed by atoms with Gasteiger partial charge in [0.2, 0.25) is 5.95 Å². The van der Waals surface area contributed by atoms with Gasteiger partial charge < -0.3 is 10.7 Å². The van der Waals surface area contributed by atoms with E-state index in [1.165, 1.54) is 22.2 Å². The van der Waals surface area contributed by atoms with Gasteiger partial charge in [-0.2, -0.15) is 4.98 Å². The molecule has 0 aliphatic carbocycles. The number of hydrogen-bond acceptors (Lipinski definition) is 6. The maximum absolute atomic E-state index is 12.1. The lowest BCUT2D eigenvalue weighted by Crippen LogP contribution is -2.24. The molecule has 3 N–H and O–H groups in total. The molecular weight excluding hydrogens is 240 g/mol. The summed E-state index contributed by atoms with van der Waals surface area (Å²) in [6.07, 6.45) is 3.13.